The number of benzene rings is 1. The summed E-state index contributed by atoms with van der Waals surface area (Å²) in [5.74, 6) is 1.10. The molecule has 0 radical (unpaired) electrons. The van der Waals surface area contributed by atoms with Crippen LogP contribution in [-0.4, -0.2) is 23.9 Å². The van der Waals surface area contributed by atoms with Crippen LogP contribution in [0.2, 0.25) is 0 Å². The Labute approximate surface area is 113 Å². The first-order valence-electron chi connectivity index (χ1n) is 6.20. The molecule has 0 saturated carbocycles. The maximum atomic E-state index is 11.9. The maximum Gasteiger partial charge on any atom is 0.251 e. The maximum absolute atomic E-state index is 11.9. The van der Waals surface area contributed by atoms with Crippen molar-refractivity contribution in [3.63, 3.8) is 0 Å². The number of carbonyl (C=O) groups is 1. The lowest BCUT2D eigenvalue weighted by Crippen LogP contribution is -2.35. The molecule has 1 aromatic rings. The summed E-state index contributed by atoms with van der Waals surface area (Å²) in [6.45, 7) is 5.92. The minimum atomic E-state index is -0.0985. The lowest BCUT2D eigenvalue weighted by Gasteiger charge is -2.14. The van der Waals surface area contributed by atoms with E-state index in [1.54, 1.807) is 24.3 Å². The normalized spacial score (nSPS) is 12.3. The molecule has 0 heterocycles. The molecule has 3 nitrogen and oxygen atoms in total. The van der Waals surface area contributed by atoms with Crippen LogP contribution in [0.25, 0.3) is 0 Å². The van der Waals surface area contributed by atoms with Gasteiger partial charge in [0.15, 0.2) is 0 Å². The molecule has 0 aliphatic heterocycles. The summed E-state index contributed by atoms with van der Waals surface area (Å²) >= 11 is 5.75. The van der Waals surface area contributed by atoms with E-state index in [-0.39, 0.29) is 18.1 Å². The first-order chi connectivity index (χ1) is 8.56. The highest BCUT2D eigenvalue weighted by Gasteiger charge is 2.11. The van der Waals surface area contributed by atoms with Gasteiger partial charge in [-0.3, -0.25) is 4.79 Å². The zero-order valence-corrected chi connectivity index (χ0v) is 11.8. The molecule has 1 atom stereocenters. The summed E-state index contributed by atoms with van der Waals surface area (Å²) in [5.41, 5.74) is 0.620. The third-order valence-electron chi connectivity index (χ3n) is 2.50. The van der Waals surface area contributed by atoms with E-state index in [1.807, 2.05) is 20.8 Å². The fourth-order valence-electron chi connectivity index (χ4n) is 1.48. The van der Waals surface area contributed by atoms with E-state index < -0.39 is 0 Å². The predicted octanol–water partition coefficient (Wildman–Crippen LogP) is 3.22. The van der Waals surface area contributed by atoms with Gasteiger partial charge in [-0.1, -0.05) is 6.92 Å². The molecule has 0 bridgehead atoms. The number of amides is 1. The van der Waals surface area contributed by atoms with Crippen LogP contribution >= 0.6 is 11.6 Å². The van der Waals surface area contributed by atoms with E-state index in [0.29, 0.717) is 11.4 Å². The number of alkyl halides is 1. The quantitative estimate of drug-likeness (QED) is 0.806. The number of nitrogens with one attached hydrogen (secondary N) is 1. The highest BCUT2D eigenvalue weighted by Crippen LogP contribution is 2.14. The Kier molecular flexibility index (Phi) is 5.99. The molecule has 0 aromatic heterocycles. The number of halogens is 1. The number of ether oxygens (including phenoxy) is 1. The number of hydrogen-bond acceptors (Lipinski definition) is 2. The Morgan fingerprint density at radius 2 is 1.94 bits per heavy atom. The summed E-state index contributed by atoms with van der Waals surface area (Å²) < 4.78 is 5.52. The SMILES string of the molecule is CCC(CCl)NC(=O)c1ccc(OC(C)C)cc1. The Balaban J connectivity index is 2.64. The van der Waals surface area contributed by atoms with Gasteiger partial charge in [0.25, 0.3) is 5.91 Å². The van der Waals surface area contributed by atoms with Crippen molar-refractivity contribution in [2.75, 3.05) is 5.88 Å². The Morgan fingerprint density at radius 1 is 1.33 bits per heavy atom. The van der Waals surface area contributed by atoms with Crippen LogP contribution in [0.1, 0.15) is 37.6 Å². The molecule has 1 amide bonds. The summed E-state index contributed by atoms with van der Waals surface area (Å²) in [6.07, 6.45) is 0.953. The first kappa shape index (κ1) is 14.8. The van der Waals surface area contributed by atoms with E-state index in [0.717, 1.165) is 12.2 Å². The van der Waals surface area contributed by atoms with Crippen molar-refractivity contribution >= 4 is 17.5 Å². The Morgan fingerprint density at radius 3 is 2.39 bits per heavy atom. The first-order valence-corrected chi connectivity index (χ1v) is 6.73. The second-order valence-electron chi connectivity index (χ2n) is 4.42. The largest absolute Gasteiger partial charge is 0.491 e. The second kappa shape index (κ2) is 7.27. The molecule has 18 heavy (non-hydrogen) atoms. The molecule has 1 rings (SSSR count). The van der Waals surface area contributed by atoms with Crippen molar-refractivity contribution < 1.29 is 9.53 Å². The van der Waals surface area contributed by atoms with E-state index in [9.17, 15) is 4.79 Å². The van der Waals surface area contributed by atoms with Crippen molar-refractivity contribution in [1.29, 1.82) is 0 Å². The summed E-state index contributed by atoms with van der Waals surface area (Å²) in [7, 11) is 0. The van der Waals surface area contributed by atoms with Gasteiger partial charge in [-0.15, -0.1) is 11.6 Å². The van der Waals surface area contributed by atoms with Crippen molar-refractivity contribution in [1.82, 2.24) is 5.32 Å². The lowest BCUT2D eigenvalue weighted by molar-refractivity contribution is 0.0939. The minimum absolute atomic E-state index is 0.0192. The van der Waals surface area contributed by atoms with Gasteiger partial charge < -0.3 is 10.1 Å². The predicted molar refractivity (Wildman–Crippen MR) is 74.5 cm³/mol. The number of rotatable bonds is 6. The van der Waals surface area contributed by atoms with Crippen LogP contribution in [0.5, 0.6) is 5.75 Å². The van der Waals surface area contributed by atoms with Crippen LogP contribution in [-0.2, 0) is 0 Å². The fourth-order valence-corrected chi connectivity index (χ4v) is 1.77. The van der Waals surface area contributed by atoms with E-state index in [2.05, 4.69) is 5.32 Å². The highest BCUT2D eigenvalue weighted by molar-refractivity contribution is 6.18. The Hall–Kier alpha value is -1.22. The monoisotopic (exact) mass is 269 g/mol. The van der Waals surface area contributed by atoms with Gasteiger partial charge in [0.1, 0.15) is 5.75 Å². The molecule has 0 aliphatic carbocycles. The van der Waals surface area contributed by atoms with Gasteiger partial charge in [0, 0.05) is 17.5 Å². The topological polar surface area (TPSA) is 38.3 Å². The zero-order chi connectivity index (χ0) is 13.5. The average molecular weight is 270 g/mol. The van der Waals surface area contributed by atoms with Crippen LogP contribution in [0, 0.1) is 0 Å². The number of hydrogen-bond donors (Lipinski definition) is 1. The molecule has 4 heteroatoms. The summed E-state index contributed by atoms with van der Waals surface area (Å²) in [4.78, 5) is 11.9. The molecule has 1 aromatic carbocycles. The van der Waals surface area contributed by atoms with E-state index >= 15 is 0 Å². The molecular formula is C14H20ClNO2. The van der Waals surface area contributed by atoms with Gasteiger partial charge in [-0.2, -0.15) is 0 Å². The number of carbonyl (C=O) groups excluding carboxylic acids is 1. The molecule has 0 saturated heterocycles. The zero-order valence-electron chi connectivity index (χ0n) is 11.1. The summed E-state index contributed by atoms with van der Waals surface area (Å²) in [6, 6.07) is 7.14. The van der Waals surface area contributed by atoms with Crippen LogP contribution in [0.3, 0.4) is 0 Å². The van der Waals surface area contributed by atoms with Crippen molar-refractivity contribution in [2.24, 2.45) is 0 Å². The smallest absolute Gasteiger partial charge is 0.251 e. The molecule has 1 unspecified atom stereocenters. The van der Waals surface area contributed by atoms with Gasteiger partial charge >= 0.3 is 0 Å². The fraction of sp³-hybridized carbons (Fsp3) is 0.500. The standard InChI is InChI=1S/C14H20ClNO2/c1-4-12(9-15)16-14(17)11-5-7-13(8-6-11)18-10(2)3/h5-8,10,12H,4,9H2,1-3H3,(H,16,17). The van der Waals surface area contributed by atoms with Crippen LogP contribution < -0.4 is 10.1 Å². The van der Waals surface area contributed by atoms with Gasteiger partial charge in [-0.25, -0.2) is 0 Å². The minimum Gasteiger partial charge on any atom is -0.491 e. The average Bonchev–Trinajstić information content (AvgIpc) is 2.35. The van der Waals surface area contributed by atoms with Crippen molar-refractivity contribution in [2.45, 2.75) is 39.3 Å². The van der Waals surface area contributed by atoms with Crippen molar-refractivity contribution in [3.05, 3.63) is 29.8 Å². The third-order valence-corrected chi connectivity index (χ3v) is 2.88. The molecule has 100 valence electrons. The van der Waals surface area contributed by atoms with Gasteiger partial charge in [-0.05, 0) is 44.5 Å². The molecular weight excluding hydrogens is 250 g/mol. The Bertz CT molecular complexity index is 372. The van der Waals surface area contributed by atoms with Crippen LogP contribution in [0.15, 0.2) is 24.3 Å². The molecule has 1 N–H and O–H groups in total. The highest BCUT2D eigenvalue weighted by atomic mass is 35.5. The van der Waals surface area contributed by atoms with E-state index in [4.69, 9.17) is 16.3 Å². The van der Waals surface area contributed by atoms with E-state index in [1.165, 1.54) is 0 Å². The van der Waals surface area contributed by atoms with Gasteiger partial charge in [0.2, 0.25) is 0 Å². The molecule has 0 spiro atoms. The lowest BCUT2D eigenvalue weighted by atomic mass is 10.2. The molecule has 0 fully saturated rings. The summed E-state index contributed by atoms with van der Waals surface area (Å²) in [5, 5.41) is 2.88. The second-order valence-corrected chi connectivity index (χ2v) is 4.73. The molecule has 0 aliphatic rings. The van der Waals surface area contributed by atoms with Crippen molar-refractivity contribution in [3.8, 4) is 5.75 Å². The van der Waals surface area contributed by atoms with Crippen LogP contribution in [0.4, 0.5) is 0 Å². The van der Waals surface area contributed by atoms with Gasteiger partial charge in [0.05, 0.1) is 6.10 Å². The third kappa shape index (κ3) is 4.57.